The van der Waals surface area contributed by atoms with Gasteiger partial charge >= 0.3 is 12.1 Å². The van der Waals surface area contributed by atoms with Gasteiger partial charge in [-0.3, -0.25) is 15.1 Å². The maximum Gasteiger partial charge on any atom is 0.329 e. The number of nitrogens with one attached hydrogen (secondary N) is 3. The number of benzene rings is 1. The van der Waals surface area contributed by atoms with E-state index in [2.05, 4.69) is 26.1 Å². The first-order chi connectivity index (χ1) is 16.7. The van der Waals surface area contributed by atoms with Crippen LogP contribution in [0.4, 0.5) is 42.7 Å². The number of fused-ring (bicyclic) bond motifs is 1. The second-order valence-corrected chi connectivity index (χ2v) is 8.53. The van der Waals surface area contributed by atoms with E-state index in [0.29, 0.717) is 29.3 Å². The predicted octanol–water partition coefficient (Wildman–Crippen LogP) is 5.29. The first-order valence-corrected chi connectivity index (χ1v) is 11.3. The Morgan fingerprint density at radius 2 is 1.97 bits per heavy atom. The molecule has 4 rings (SSSR count). The summed E-state index contributed by atoms with van der Waals surface area (Å²) < 4.78 is 19.9. The molecule has 10 nitrogen and oxygen atoms in total. The normalized spacial score (nSPS) is 13.2. The predicted molar refractivity (Wildman–Crippen MR) is 133 cm³/mol. The van der Waals surface area contributed by atoms with Crippen molar-refractivity contribution >= 4 is 40.8 Å². The molecule has 1 aliphatic heterocycles. The highest BCUT2D eigenvalue weighted by molar-refractivity contribution is 6.07. The summed E-state index contributed by atoms with van der Waals surface area (Å²) in [5.41, 5.74) is 3.28. The quantitative estimate of drug-likeness (QED) is 0.440. The maximum atomic E-state index is 14.8. The van der Waals surface area contributed by atoms with E-state index in [0.717, 1.165) is 11.3 Å². The molecule has 0 unspecified atom stereocenters. The number of rotatable bonds is 6. The summed E-state index contributed by atoms with van der Waals surface area (Å²) in [6.07, 6.45) is 1.72. The fraction of sp³-hybridized carbons (Fsp3) is 0.333. The Morgan fingerprint density at radius 1 is 1.20 bits per heavy atom. The molecule has 0 spiro atoms. The Labute approximate surface area is 202 Å². The Kier molecular flexibility index (Phi) is 6.59. The lowest BCUT2D eigenvalue weighted by Crippen LogP contribution is -2.47. The summed E-state index contributed by atoms with van der Waals surface area (Å²) in [6.45, 7) is 8.19. The Bertz CT molecular complexity index is 1270. The molecule has 0 atom stereocenters. The summed E-state index contributed by atoms with van der Waals surface area (Å²) in [7, 11) is 1.76. The topological polar surface area (TPSA) is 116 Å². The van der Waals surface area contributed by atoms with Crippen LogP contribution >= 0.6 is 0 Å². The highest BCUT2D eigenvalue weighted by Gasteiger charge is 2.32. The van der Waals surface area contributed by atoms with E-state index < -0.39 is 11.8 Å². The van der Waals surface area contributed by atoms with Crippen molar-refractivity contribution in [2.75, 3.05) is 39.3 Å². The highest BCUT2D eigenvalue weighted by atomic mass is 19.1. The first kappa shape index (κ1) is 24.0. The van der Waals surface area contributed by atoms with Crippen LogP contribution in [-0.4, -0.2) is 35.8 Å². The molecule has 0 fully saturated rings. The summed E-state index contributed by atoms with van der Waals surface area (Å²) in [4.78, 5) is 33.4. The average molecular weight is 482 g/mol. The van der Waals surface area contributed by atoms with Gasteiger partial charge in [-0.25, -0.2) is 19.0 Å². The zero-order valence-electron chi connectivity index (χ0n) is 20.3. The summed E-state index contributed by atoms with van der Waals surface area (Å²) in [6, 6.07) is 5.24. The molecule has 2 aromatic heterocycles. The zero-order valence-corrected chi connectivity index (χ0v) is 20.3. The molecule has 0 aliphatic carbocycles. The van der Waals surface area contributed by atoms with Crippen molar-refractivity contribution in [3.05, 3.63) is 53.1 Å². The van der Waals surface area contributed by atoms with Gasteiger partial charge in [0.1, 0.15) is 11.6 Å². The molecule has 4 amide bonds. The third-order valence-electron chi connectivity index (χ3n) is 5.80. The van der Waals surface area contributed by atoms with Crippen LogP contribution in [0.2, 0.25) is 0 Å². The van der Waals surface area contributed by atoms with Crippen molar-refractivity contribution < 1.29 is 18.5 Å². The maximum absolute atomic E-state index is 14.8. The Morgan fingerprint density at radius 3 is 2.63 bits per heavy atom. The van der Waals surface area contributed by atoms with E-state index in [1.165, 1.54) is 12.1 Å². The summed E-state index contributed by atoms with van der Waals surface area (Å²) in [5, 5.41) is 11.9. The van der Waals surface area contributed by atoms with Crippen LogP contribution in [0.3, 0.4) is 0 Å². The van der Waals surface area contributed by atoms with Crippen LogP contribution in [0.5, 0.6) is 0 Å². The number of urea groups is 2. The molecular formula is C24H28FN7O3. The number of aromatic nitrogens is 2. The van der Waals surface area contributed by atoms with Gasteiger partial charge in [-0.1, -0.05) is 19.0 Å². The molecule has 0 bridgehead atoms. The molecule has 0 saturated carbocycles. The molecule has 184 valence electrons. The molecular weight excluding hydrogens is 453 g/mol. The third kappa shape index (κ3) is 4.75. The van der Waals surface area contributed by atoms with E-state index in [4.69, 9.17) is 4.52 Å². The number of hydrogen-bond donors (Lipinski definition) is 3. The van der Waals surface area contributed by atoms with Gasteiger partial charge in [-0.2, -0.15) is 0 Å². The van der Waals surface area contributed by atoms with Crippen molar-refractivity contribution in [1.29, 1.82) is 0 Å². The molecule has 3 N–H and O–H groups in total. The van der Waals surface area contributed by atoms with Crippen LogP contribution in [0.25, 0.3) is 0 Å². The summed E-state index contributed by atoms with van der Waals surface area (Å²) in [5.74, 6) is 0.309. The fourth-order valence-electron chi connectivity index (χ4n) is 3.90. The summed E-state index contributed by atoms with van der Waals surface area (Å²) >= 11 is 0. The largest absolute Gasteiger partial charge is 0.373 e. The molecule has 3 aromatic rings. The third-order valence-corrected chi connectivity index (χ3v) is 5.80. The number of nitrogens with zero attached hydrogens (tertiary/aromatic N) is 4. The number of amides is 4. The lowest BCUT2D eigenvalue weighted by Gasteiger charge is -2.37. The second kappa shape index (κ2) is 9.61. The van der Waals surface area contributed by atoms with Crippen molar-refractivity contribution in [2.24, 2.45) is 0 Å². The van der Waals surface area contributed by atoms with Crippen LogP contribution in [0.1, 0.15) is 43.5 Å². The SMILES string of the molecule is CCN1C(=O)N(c2cc(NC(=O)Nc3cc(C(C)C)no3)c(F)cc2C)Cc2cnc(NC)cc21. The van der Waals surface area contributed by atoms with Gasteiger partial charge in [0.2, 0.25) is 5.88 Å². The van der Waals surface area contributed by atoms with Gasteiger partial charge in [0, 0.05) is 37.5 Å². The number of pyridine rings is 1. The minimum absolute atomic E-state index is 0.0722. The van der Waals surface area contributed by atoms with E-state index in [-0.39, 0.29) is 30.1 Å². The van der Waals surface area contributed by atoms with Crippen LogP contribution < -0.4 is 25.8 Å². The molecule has 3 heterocycles. The second-order valence-electron chi connectivity index (χ2n) is 8.53. The Hall–Kier alpha value is -4.15. The monoisotopic (exact) mass is 481 g/mol. The number of carbonyl (C=O) groups excluding carboxylic acids is 2. The number of anilines is 5. The van der Waals surface area contributed by atoms with Gasteiger partial charge in [-0.15, -0.1) is 0 Å². The molecule has 1 aliphatic rings. The minimum Gasteiger partial charge on any atom is -0.373 e. The van der Waals surface area contributed by atoms with Crippen molar-refractivity contribution in [3.63, 3.8) is 0 Å². The number of halogens is 1. The molecule has 1 aromatic carbocycles. The van der Waals surface area contributed by atoms with Crippen LogP contribution in [-0.2, 0) is 6.54 Å². The lowest BCUT2D eigenvalue weighted by atomic mass is 10.1. The zero-order chi connectivity index (χ0) is 25.3. The smallest absolute Gasteiger partial charge is 0.329 e. The van der Waals surface area contributed by atoms with Gasteiger partial charge in [0.05, 0.1) is 29.3 Å². The standard InChI is InChI=1S/C24H28FN7O3/c1-6-31-20-10-21(26-5)27-11-15(20)12-32(24(31)34)19-8-18(16(25)7-14(19)4)28-23(33)29-22-9-17(13(2)3)30-35-22/h7-11,13H,6,12H2,1-5H3,(H,26,27)(H2,28,29,33). The van der Waals surface area contributed by atoms with Gasteiger partial charge in [0.15, 0.2) is 0 Å². The number of aryl methyl sites for hydroxylation is 1. The highest BCUT2D eigenvalue weighted by Crippen LogP contribution is 2.36. The van der Waals surface area contributed by atoms with Crippen LogP contribution in [0.15, 0.2) is 35.0 Å². The fourth-order valence-corrected chi connectivity index (χ4v) is 3.90. The average Bonchev–Trinajstić information content (AvgIpc) is 3.29. The van der Waals surface area contributed by atoms with E-state index >= 15 is 0 Å². The number of hydrogen-bond acceptors (Lipinski definition) is 6. The van der Waals surface area contributed by atoms with Gasteiger partial charge < -0.3 is 15.2 Å². The van der Waals surface area contributed by atoms with Crippen molar-refractivity contribution in [2.45, 2.75) is 40.2 Å². The van der Waals surface area contributed by atoms with E-state index in [9.17, 15) is 14.0 Å². The van der Waals surface area contributed by atoms with Gasteiger partial charge in [0.25, 0.3) is 0 Å². The van der Waals surface area contributed by atoms with E-state index in [1.807, 2.05) is 26.8 Å². The molecule has 35 heavy (non-hydrogen) atoms. The molecule has 0 saturated heterocycles. The van der Waals surface area contributed by atoms with Gasteiger partial charge in [-0.05, 0) is 37.5 Å². The lowest BCUT2D eigenvalue weighted by molar-refractivity contribution is 0.250. The van der Waals surface area contributed by atoms with Crippen LogP contribution in [0, 0.1) is 12.7 Å². The van der Waals surface area contributed by atoms with E-state index in [1.54, 1.807) is 36.0 Å². The number of carbonyl (C=O) groups is 2. The van der Waals surface area contributed by atoms with Crippen molar-refractivity contribution in [1.82, 2.24) is 10.1 Å². The minimum atomic E-state index is -0.695. The molecule has 0 radical (unpaired) electrons. The Balaban J connectivity index is 1.60. The first-order valence-electron chi connectivity index (χ1n) is 11.3. The molecule has 11 heteroatoms. The van der Waals surface area contributed by atoms with Crippen molar-refractivity contribution in [3.8, 4) is 0 Å².